The number of rotatable bonds is 6. The highest BCUT2D eigenvalue weighted by Gasteiger charge is 2.32. The lowest BCUT2D eigenvalue weighted by Gasteiger charge is -2.20. The lowest BCUT2D eigenvalue weighted by molar-refractivity contribution is 0.0994. The summed E-state index contributed by atoms with van der Waals surface area (Å²) in [6, 6.07) is 14.8. The third-order valence-corrected chi connectivity index (χ3v) is 7.66. The summed E-state index contributed by atoms with van der Waals surface area (Å²) in [5.74, 6) is -2.32. The van der Waals surface area contributed by atoms with Crippen LogP contribution >= 0.6 is 11.6 Å². The number of anilines is 2. The Kier molecular flexibility index (Phi) is 6.03. The minimum atomic E-state index is -4.05. The monoisotopic (exact) mass is 498 g/mol. The Hall–Kier alpha value is -3.89. The number of carbonyl (C=O) groups excluding carboxylic acids is 3. The lowest BCUT2D eigenvalue weighted by Crippen LogP contribution is -2.29. The van der Waals surface area contributed by atoms with Crippen molar-refractivity contribution >= 4 is 50.7 Å². The maximum Gasteiger partial charge on any atom is 0.265 e. The van der Waals surface area contributed by atoms with Crippen LogP contribution in [0.4, 0.5) is 11.4 Å². The Labute approximate surface area is 200 Å². The van der Waals surface area contributed by atoms with Gasteiger partial charge in [-0.25, -0.2) is 8.42 Å². The number of hydrogen-bond donors (Lipinski definition) is 3. The molecule has 4 rings (SSSR count). The van der Waals surface area contributed by atoms with Crippen LogP contribution in [0.3, 0.4) is 0 Å². The van der Waals surface area contributed by atoms with Gasteiger partial charge in [0, 0.05) is 28.9 Å². The Morgan fingerprint density at radius 1 is 0.882 bits per heavy atom. The van der Waals surface area contributed by atoms with Crippen LogP contribution in [0.5, 0.6) is 0 Å². The van der Waals surface area contributed by atoms with E-state index in [1.54, 1.807) is 12.1 Å². The number of nitrogens with two attached hydrogens (primary N) is 2. The van der Waals surface area contributed by atoms with E-state index in [1.807, 2.05) is 12.1 Å². The van der Waals surface area contributed by atoms with E-state index in [0.29, 0.717) is 12.1 Å². The second kappa shape index (κ2) is 8.81. The predicted molar refractivity (Wildman–Crippen MR) is 128 cm³/mol. The summed E-state index contributed by atoms with van der Waals surface area (Å²) in [4.78, 5) is 35.8. The van der Waals surface area contributed by atoms with Crippen LogP contribution in [-0.4, -0.2) is 32.7 Å². The molecule has 0 spiro atoms. The maximum absolute atomic E-state index is 13.4. The molecule has 0 fully saturated rings. The van der Waals surface area contributed by atoms with Gasteiger partial charge >= 0.3 is 0 Å². The molecule has 1 aliphatic rings. The van der Waals surface area contributed by atoms with Crippen molar-refractivity contribution in [1.29, 1.82) is 0 Å². The third kappa shape index (κ3) is 4.33. The first kappa shape index (κ1) is 23.3. The molecule has 1 heterocycles. The van der Waals surface area contributed by atoms with Crippen LogP contribution in [0.2, 0.25) is 5.02 Å². The Balaban J connectivity index is 1.67. The molecule has 0 saturated carbocycles. The fourth-order valence-corrected chi connectivity index (χ4v) is 5.71. The summed E-state index contributed by atoms with van der Waals surface area (Å²) in [6.45, 7) is 0.254. The number of nitrogens with one attached hydrogen (secondary N) is 1. The van der Waals surface area contributed by atoms with Crippen LogP contribution in [0.25, 0.3) is 0 Å². The number of sulfonamides is 1. The quantitative estimate of drug-likeness (QED) is 0.476. The molecule has 0 bridgehead atoms. The van der Waals surface area contributed by atoms with Gasteiger partial charge in [-0.05, 0) is 54.4 Å². The number of nitrogens with zero attached hydrogens (tertiary/aromatic N) is 1. The highest BCUT2D eigenvalue weighted by molar-refractivity contribution is 7.93. The molecule has 174 valence electrons. The van der Waals surface area contributed by atoms with Gasteiger partial charge in [0.1, 0.15) is 4.90 Å². The van der Waals surface area contributed by atoms with Gasteiger partial charge in [-0.1, -0.05) is 29.8 Å². The summed E-state index contributed by atoms with van der Waals surface area (Å²) in [6.07, 6.45) is 0.561. The Bertz CT molecular complexity index is 1420. The second-order valence-electron chi connectivity index (χ2n) is 7.58. The van der Waals surface area contributed by atoms with E-state index >= 15 is 0 Å². The van der Waals surface area contributed by atoms with Crippen molar-refractivity contribution in [2.24, 2.45) is 11.5 Å². The average molecular weight is 499 g/mol. The van der Waals surface area contributed by atoms with E-state index in [2.05, 4.69) is 5.32 Å². The minimum absolute atomic E-state index is 0.000519. The van der Waals surface area contributed by atoms with Crippen LogP contribution in [0.15, 0.2) is 65.6 Å². The molecule has 3 aromatic carbocycles. The SMILES string of the molecule is NC(=O)c1cc(NC(=O)c2ccc(Cl)c(S(=O)(=O)N3CCc4ccccc43)c2)cc(C(N)=O)c1. The molecular formula is C23H19ClN4O5S. The van der Waals surface area contributed by atoms with Crippen LogP contribution < -0.4 is 21.1 Å². The summed E-state index contributed by atoms with van der Waals surface area (Å²) < 4.78 is 28.1. The number of para-hydroxylation sites is 1. The zero-order chi connectivity index (χ0) is 24.6. The van der Waals surface area contributed by atoms with Gasteiger partial charge in [-0.3, -0.25) is 18.7 Å². The van der Waals surface area contributed by atoms with Gasteiger partial charge in [-0.2, -0.15) is 0 Å². The fraction of sp³-hybridized carbons (Fsp3) is 0.0870. The van der Waals surface area contributed by atoms with Crippen LogP contribution in [0.1, 0.15) is 36.6 Å². The molecule has 3 aromatic rings. The number of halogens is 1. The standard InChI is InChI=1S/C23H19ClN4O5S/c24-18-6-5-14(23(31)27-17-10-15(21(25)29)9-16(11-17)22(26)30)12-20(18)34(32,33)28-8-7-13-3-1-2-4-19(13)28/h1-6,9-12H,7-8H2,(H2,25,29)(H2,26,30)(H,27,31). The van der Waals surface area contributed by atoms with Crippen molar-refractivity contribution in [1.82, 2.24) is 0 Å². The fourth-order valence-electron chi connectivity index (χ4n) is 3.71. The van der Waals surface area contributed by atoms with Gasteiger partial charge in [0.2, 0.25) is 11.8 Å². The van der Waals surface area contributed by atoms with Crippen molar-refractivity contribution < 1.29 is 22.8 Å². The molecule has 9 nitrogen and oxygen atoms in total. The molecule has 34 heavy (non-hydrogen) atoms. The molecule has 0 aliphatic carbocycles. The number of primary amides is 2. The van der Waals surface area contributed by atoms with Gasteiger partial charge in [0.25, 0.3) is 15.9 Å². The number of hydrogen-bond acceptors (Lipinski definition) is 5. The van der Waals surface area contributed by atoms with E-state index in [4.69, 9.17) is 23.1 Å². The molecule has 0 saturated heterocycles. The first-order valence-corrected chi connectivity index (χ1v) is 11.9. The molecule has 1 aliphatic heterocycles. The van der Waals surface area contributed by atoms with Crippen molar-refractivity contribution in [2.45, 2.75) is 11.3 Å². The van der Waals surface area contributed by atoms with Crippen molar-refractivity contribution in [3.63, 3.8) is 0 Å². The number of amides is 3. The summed E-state index contributed by atoms with van der Waals surface area (Å²) in [7, 11) is -4.05. The molecule has 3 amide bonds. The molecule has 11 heteroatoms. The first-order valence-electron chi connectivity index (χ1n) is 10.0. The van der Waals surface area contributed by atoms with E-state index in [1.165, 1.54) is 40.7 Å². The number of fused-ring (bicyclic) bond motifs is 1. The summed E-state index contributed by atoms with van der Waals surface area (Å²) >= 11 is 6.22. The van der Waals surface area contributed by atoms with Gasteiger partial charge in [-0.15, -0.1) is 0 Å². The van der Waals surface area contributed by atoms with Crippen LogP contribution in [-0.2, 0) is 16.4 Å². The minimum Gasteiger partial charge on any atom is -0.366 e. The van der Waals surface area contributed by atoms with Gasteiger partial charge < -0.3 is 16.8 Å². The molecular weight excluding hydrogens is 480 g/mol. The first-order chi connectivity index (χ1) is 16.1. The maximum atomic E-state index is 13.4. The van der Waals surface area contributed by atoms with E-state index < -0.39 is 27.7 Å². The highest BCUT2D eigenvalue weighted by atomic mass is 35.5. The zero-order valence-corrected chi connectivity index (χ0v) is 19.2. The lowest BCUT2D eigenvalue weighted by atomic mass is 10.1. The summed E-state index contributed by atoms with van der Waals surface area (Å²) in [5.41, 5.74) is 12.1. The normalized spacial score (nSPS) is 12.8. The molecule has 0 unspecified atom stereocenters. The topological polar surface area (TPSA) is 153 Å². The molecule has 0 atom stereocenters. The van der Waals surface area contributed by atoms with E-state index in [-0.39, 0.29) is 38.8 Å². The van der Waals surface area contributed by atoms with E-state index in [9.17, 15) is 22.8 Å². The Morgan fingerprint density at radius 3 is 2.18 bits per heavy atom. The predicted octanol–water partition coefficient (Wildman–Crippen LogP) is 2.54. The molecule has 0 radical (unpaired) electrons. The van der Waals surface area contributed by atoms with Crippen LogP contribution in [0, 0.1) is 0 Å². The number of benzene rings is 3. The van der Waals surface area contributed by atoms with Gasteiger partial charge in [0.15, 0.2) is 0 Å². The van der Waals surface area contributed by atoms with Gasteiger partial charge in [0.05, 0.1) is 10.7 Å². The second-order valence-corrected chi connectivity index (χ2v) is 9.82. The van der Waals surface area contributed by atoms with E-state index in [0.717, 1.165) is 5.56 Å². The molecule has 5 N–H and O–H groups in total. The molecule has 0 aromatic heterocycles. The third-order valence-electron chi connectivity index (χ3n) is 5.37. The smallest absolute Gasteiger partial charge is 0.265 e. The van der Waals surface area contributed by atoms with Crippen molar-refractivity contribution in [3.05, 3.63) is 87.9 Å². The average Bonchev–Trinajstić information content (AvgIpc) is 3.24. The summed E-state index contributed by atoms with van der Waals surface area (Å²) in [5, 5.41) is 2.49. The van der Waals surface area contributed by atoms with Crippen molar-refractivity contribution in [3.8, 4) is 0 Å². The highest BCUT2D eigenvalue weighted by Crippen LogP contribution is 2.35. The number of carbonyl (C=O) groups is 3. The Morgan fingerprint density at radius 2 is 1.53 bits per heavy atom. The largest absolute Gasteiger partial charge is 0.366 e. The zero-order valence-electron chi connectivity index (χ0n) is 17.6. The van der Waals surface area contributed by atoms with Crippen molar-refractivity contribution in [2.75, 3.05) is 16.2 Å².